The summed E-state index contributed by atoms with van der Waals surface area (Å²) >= 11 is 0. The zero-order valence-electron chi connectivity index (χ0n) is 12.8. The van der Waals surface area contributed by atoms with E-state index in [0.717, 1.165) is 6.42 Å². The maximum absolute atomic E-state index is 12.7. The van der Waals surface area contributed by atoms with E-state index in [1.54, 1.807) is 24.1 Å². The van der Waals surface area contributed by atoms with Crippen LogP contribution in [0.1, 0.15) is 50.1 Å². The Morgan fingerprint density at radius 3 is 2.81 bits per heavy atom. The number of rotatable bonds is 4. The minimum atomic E-state index is -0.478. The second-order valence-corrected chi connectivity index (χ2v) is 5.57. The van der Waals surface area contributed by atoms with Crippen molar-refractivity contribution in [1.29, 1.82) is 0 Å². The molecule has 1 aliphatic heterocycles. The van der Waals surface area contributed by atoms with Gasteiger partial charge in [0, 0.05) is 18.8 Å². The highest BCUT2D eigenvalue weighted by Crippen LogP contribution is 2.24. The maximum Gasteiger partial charge on any atom is 0.328 e. The summed E-state index contributed by atoms with van der Waals surface area (Å²) < 4.78 is 6.91. The first-order valence-corrected chi connectivity index (χ1v) is 7.40. The molecule has 2 N–H and O–H groups in total. The van der Waals surface area contributed by atoms with Crippen LogP contribution in [-0.2, 0) is 9.53 Å². The number of aromatic nitrogens is 1. The average molecular weight is 293 g/mol. The molecule has 0 saturated carbocycles. The van der Waals surface area contributed by atoms with Crippen molar-refractivity contribution < 1.29 is 14.3 Å². The van der Waals surface area contributed by atoms with Gasteiger partial charge in [0.25, 0.3) is 5.91 Å². The summed E-state index contributed by atoms with van der Waals surface area (Å²) in [5.74, 6) is -0.477. The number of carbonyl (C=O) groups is 2. The largest absolute Gasteiger partial charge is 0.464 e. The number of amides is 1. The number of likely N-dealkylation sites (tertiary alicyclic amines) is 1. The first kappa shape index (κ1) is 15.4. The number of hydrogen-bond acceptors (Lipinski definition) is 4. The molecule has 116 valence electrons. The minimum Gasteiger partial charge on any atom is -0.464 e. The molecule has 6 nitrogen and oxygen atoms in total. The van der Waals surface area contributed by atoms with Crippen molar-refractivity contribution in [1.82, 2.24) is 9.47 Å². The molecule has 21 heavy (non-hydrogen) atoms. The van der Waals surface area contributed by atoms with Crippen LogP contribution in [0.25, 0.3) is 0 Å². The second kappa shape index (κ2) is 6.20. The Labute approximate surface area is 124 Å². The van der Waals surface area contributed by atoms with Gasteiger partial charge in [0.2, 0.25) is 0 Å². The SMILES string of the molecule is CCOC(=O)C1CCCN1C(=O)c1cc(N)cn1C(C)C. The normalized spacial score (nSPS) is 18.3. The molecule has 1 amide bonds. The second-order valence-electron chi connectivity index (χ2n) is 5.57. The summed E-state index contributed by atoms with van der Waals surface area (Å²) in [6.07, 6.45) is 3.23. The van der Waals surface area contributed by atoms with E-state index < -0.39 is 6.04 Å². The molecule has 2 heterocycles. The molecule has 1 unspecified atom stereocenters. The first-order chi connectivity index (χ1) is 9.95. The van der Waals surface area contributed by atoms with Crippen LogP contribution in [0.5, 0.6) is 0 Å². The van der Waals surface area contributed by atoms with Crippen molar-refractivity contribution in [3.8, 4) is 0 Å². The Bertz CT molecular complexity index is 536. The summed E-state index contributed by atoms with van der Waals surface area (Å²) in [5, 5.41) is 0. The van der Waals surface area contributed by atoms with Gasteiger partial charge in [-0.1, -0.05) is 0 Å². The van der Waals surface area contributed by atoms with Crippen molar-refractivity contribution in [3.63, 3.8) is 0 Å². The molecule has 1 aromatic rings. The molecular formula is C15H23N3O3. The fourth-order valence-corrected chi connectivity index (χ4v) is 2.74. The smallest absolute Gasteiger partial charge is 0.328 e. The van der Waals surface area contributed by atoms with Crippen molar-refractivity contribution in [2.75, 3.05) is 18.9 Å². The third-order valence-corrected chi connectivity index (χ3v) is 3.72. The molecule has 1 saturated heterocycles. The number of ether oxygens (including phenoxy) is 1. The Kier molecular flexibility index (Phi) is 4.55. The third-order valence-electron chi connectivity index (χ3n) is 3.72. The highest BCUT2D eigenvalue weighted by molar-refractivity contribution is 5.96. The van der Waals surface area contributed by atoms with Gasteiger partial charge in [0.05, 0.1) is 12.3 Å². The highest BCUT2D eigenvalue weighted by Gasteiger charge is 2.36. The number of nitrogens with zero attached hydrogens (tertiary/aromatic N) is 2. The van der Waals surface area contributed by atoms with Crippen molar-refractivity contribution >= 4 is 17.6 Å². The van der Waals surface area contributed by atoms with Crippen LogP contribution < -0.4 is 5.73 Å². The standard InChI is InChI=1S/C15H23N3O3/c1-4-21-15(20)12-6-5-7-17(12)14(19)13-8-11(16)9-18(13)10(2)3/h8-10,12H,4-7,16H2,1-3H3. The molecule has 0 spiro atoms. The molecule has 1 atom stereocenters. The van der Waals surface area contributed by atoms with E-state index in [1.165, 1.54) is 0 Å². The lowest BCUT2D eigenvalue weighted by Crippen LogP contribution is -2.42. The number of esters is 1. The molecule has 2 rings (SSSR count). The van der Waals surface area contributed by atoms with Crippen LogP contribution in [0.4, 0.5) is 5.69 Å². The molecule has 1 aliphatic rings. The van der Waals surface area contributed by atoms with Crippen LogP contribution >= 0.6 is 0 Å². The summed E-state index contributed by atoms with van der Waals surface area (Å²) in [4.78, 5) is 26.3. The number of carbonyl (C=O) groups excluding carboxylic acids is 2. The molecule has 1 aromatic heterocycles. The lowest BCUT2D eigenvalue weighted by Gasteiger charge is -2.24. The van der Waals surface area contributed by atoms with Gasteiger partial charge in [-0.3, -0.25) is 4.79 Å². The Balaban J connectivity index is 2.25. The van der Waals surface area contributed by atoms with Gasteiger partial charge >= 0.3 is 5.97 Å². The van der Waals surface area contributed by atoms with Gasteiger partial charge in [0.15, 0.2) is 0 Å². The lowest BCUT2D eigenvalue weighted by atomic mass is 10.2. The monoisotopic (exact) mass is 293 g/mol. The topological polar surface area (TPSA) is 77.6 Å². The molecule has 0 aliphatic carbocycles. The van der Waals surface area contributed by atoms with E-state index in [4.69, 9.17) is 10.5 Å². The highest BCUT2D eigenvalue weighted by atomic mass is 16.5. The van der Waals surface area contributed by atoms with E-state index in [9.17, 15) is 9.59 Å². The predicted molar refractivity (Wildman–Crippen MR) is 79.9 cm³/mol. The number of nitrogens with two attached hydrogens (primary N) is 1. The van der Waals surface area contributed by atoms with E-state index >= 15 is 0 Å². The van der Waals surface area contributed by atoms with Crippen LogP contribution in [0.3, 0.4) is 0 Å². The van der Waals surface area contributed by atoms with Crippen LogP contribution in [0.2, 0.25) is 0 Å². The zero-order chi connectivity index (χ0) is 15.6. The number of hydrogen-bond donors (Lipinski definition) is 1. The van der Waals surface area contributed by atoms with Gasteiger partial charge in [0.1, 0.15) is 11.7 Å². The summed E-state index contributed by atoms with van der Waals surface area (Å²) in [6.45, 7) is 6.65. The first-order valence-electron chi connectivity index (χ1n) is 7.40. The predicted octanol–water partition coefficient (Wildman–Crippen LogP) is 1.82. The maximum atomic E-state index is 12.7. The Hall–Kier alpha value is -1.98. The van der Waals surface area contributed by atoms with Gasteiger partial charge in [-0.2, -0.15) is 0 Å². The third kappa shape index (κ3) is 3.04. The Morgan fingerprint density at radius 1 is 1.48 bits per heavy atom. The van der Waals surface area contributed by atoms with E-state index in [2.05, 4.69) is 0 Å². The van der Waals surface area contributed by atoms with Crippen LogP contribution in [0.15, 0.2) is 12.3 Å². The number of anilines is 1. The van der Waals surface area contributed by atoms with Gasteiger partial charge < -0.3 is 19.9 Å². The Morgan fingerprint density at radius 2 is 2.19 bits per heavy atom. The van der Waals surface area contributed by atoms with Crippen molar-refractivity contribution in [2.24, 2.45) is 0 Å². The summed E-state index contributed by atoms with van der Waals surface area (Å²) in [6, 6.07) is 1.32. The fourth-order valence-electron chi connectivity index (χ4n) is 2.74. The fraction of sp³-hybridized carbons (Fsp3) is 0.600. The number of nitrogen functional groups attached to an aromatic ring is 1. The van der Waals surface area contributed by atoms with Gasteiger partial charge in [-0.15, -0.1) is 0 Å². The minimum absolute atomic E-state index is 0.130. The molecule has 6 heteroatoms. The lowest BCUT2D eigenvalue weighted by molar-refractivity contribution is -0.147. The van der Waals surface area contributed by atoms with Crippen LogP contribution in [-0.4, -0.2) is 40.5 Å². The van der Waals surface area contributed by atoms with E-state index in [-0.39, 0.29) is 17.9 Å². The van der Waals surface area contributed by atoms with E-state index in [0.29, 0.717) is 31.0 Å². The summed E-state index contributed by atoms with van der Waals surface area (Å²) in [5.41, 5.74) is 6.89. The molecule has 0 radical (unpaired) electrons. The average Bonchev–Trinajstić information content (AvgIpc) is 3.04. The quantitative estimate of drug-likeness (QED) is 0.859. The van der Waals surface area contributed by atoms with Gasteiger partial charge in [-0.25, -0.2) is 4.79 Å². The zero-order valence-corrected chi connectivity index (χ0v) is 12.8. The van der Waals surface area contributed by atoms with Crippen LogP contribution in [0, 0.1) is 0 Å². The molecule has 0 aromatic carbocycles. The molecule has 1 fully saturated rings. The molecule has 0 bridgehead atoms. The molecular weight excluding hydrogens is 270 g/mol. The van der Waals surface area contributed by atoms with E-state index in [1.807, 2.05) is 18.4 Å². The summed E-state index contributed by atoms with van der Waals surface area (Å²) in [7, 11) is 0. The van der Waals surface area contributed by atoms with Gasteiger partial charge in [-0.05, 0) is 39.7 Å². The van der Waals surface area contributed by atoms with Crippen molar-refractivity contribution in [2.45, 2.75) is 45.7 Å². The van der Waals surface area contributed by atoms with Crippen molar-refractivity contribution in [3.05, 3.63) is 18.0 Å².